The molecule has 0 atom stereocenters. The normalized spacial score (nSPS) is 12.6. The van der Waals surface area contributed by atoms with E-state index < -0.39 is 0 Å². The molecule has 0 saturated carbocycles. The first kappa shape index (κ1) is 5.47. The molecule has 0 amide bonds. The first-order valence-corrected chi connectivity index (χ1v) is 3.92. The standard InChI is InChI=1S/C8H5I/c9-8-4-3-6-1-2-7(6)5-8/h1-5H. The fourth-order valence-electron chi connectivity index (χ4n) is 0.925. The molecule has 44 valence electrons. The van der Waals surface area contributed by atoms with Gasteiger partial charge < -0.3 is 0 Å². The number of hydrogen-bond acceptors (Lipinski definition) is 0. The second kappa shape index (κ2) is 1.84. The molecule has 0 aromatic heterocycles. The van der Waals surface area contributed by atoms with E-state index in [2.05, 4.69) is 52.9 Å². The molecule has 0 saturated heterocycles. The van der Waals surface area contributed by atoms with Gasteiger partial charge in [-0.15, -0.1) is 0 Å². The quantitative estimate of drug-likeness (QED) is 0.608. The second-order valence-electron chi connectivity index (χ2n) is 2.11. The van der Waals surface area contributed by atoms with Crippen LogP contribution < -0.4 is 0 Å². The summed E-state index contributed by atoms with van der Waals surface area (Å²) in [4.78, 5) is 0. The number of fused-ring (bicyclic) bond motifs is 1. The van der Waals surface area contributed by atoms with Crippen LogP contribution in [-0.4, -0.2) is 0 Å². The highest BCUT2D eigenvalue weighted by atomic mass is 127. The van der Waals surface area contributed by atoms with Gasteiger partial charge in [0, 0.05) is 3.57 Å². The topological polar surface area (TPSA) is 0 Å². The van der Waals surface area contributed by atoms with Gasteiger partial charge in [0.25, 0.3) is 0 Å². The van der Waals surface area contributed by atoms with Gasteiger partial charge in [0.05, 0.1) is 0 Å². The van der Waals surface area contributed by atoms with Crippen molar-refractivity contribution in [1.82, 2.24) is 0 Å². The zero-order valence-electron chi connectivity index (χ0n) is 4.76. The molecule has 0 fully saturated rings. The van der Waals surface area contributed by atoms with Crippen molar-refractivity contribution in [3.05, 3.63) is 32.9 Å². The molecular formula is C8H5I. The highest BCUT2D eigenvalue weighted by Crippen LogP contribution is 2.24. The maximum atomic E-state index is 2.32. The summed E-state index contributed by atoms with van der Waals surface area (Å²) in [6.45, 7) is 0. The third-order valence-corrected chi connectivity index (χ3v) is 2.16. The Kier molecular flexibility index (Phi) is 1.12. The zero-order chi connectivity index (χ0) is 6.27. The van der Waals surface area contributed by atoms with Crippen molar-refractivity contribution >= 4 is 34.7 Å². The van der Waals surface area contributed by atoms with Crippen LogP contribution >= 0.6 is 22.6 Å². The first-order chi connectivity index (χ1) is 4.36. The van der Waals surface area contributed by atoms with E-state index in [4.69, 9.17) is 0 Å². The van der Waals surface area contributed by atoms with E-state index in [0.29, 0.717) is 0 Å². The molecule has 0 unspecified atom stereocenters. The summed E-state index contributed by atoms with van der Waals surface area (Å²) in [7, 11) is 0. The molecule has 1 aromatic carbocycles. The molecule has 2 rings (SSSR count). The minimum absolute atomic E-state index is 1.32. The Bertz CT molecular complexity index is 274. The van der Waals surface area contributed by atoms with Crippen molar-refractivity contribution in [2.24, 2.45) is 0 Å². The van der Waals surface area contributed by atoms with Crippen LogP contribution in [0.5, 0.6) is 0 Å². The van der Waals surface area contributed by atoms with Gasteiger partial charge in [-0.1, -0.05) is 18.2 Å². The molecule has 0 N–H and O–H groups in total. The predicted octanol–water partition coefficient (Wildman–Crippen LogP) is 2.78. The lowest BCUT2D eigenvalue weighted by Gasteiger charge is -2.08. The maximum Gasteiger partial charge on any atom is 0.0136 e. The number of benzene rings is 1. The number of rotatable bonds is 0. The average Bonchev–Trinajstić information content (AvgIpc) is 1.78. The largest absolute Gasteiger partial charge is 0.0538 e. The Morgan fingerprint density at radius 2 is 1.78 bits per heavy atom. The highest BCUT2D eigenvalue weighted by Gasteiger charge is 2.02. The molecule has 0 aliphatic heterocycles. The predicted molar refractivity (Wildman–Crippen MR) is 48.1 cm³/mol. The van der Waals surface area contributed by atoms with E-state index >= 15 is 0 Å². The zero-order valence-corrected chi connectivity index (χ0v) is 6.92. The minimum atomic E-state index is 1.32. The monoisotopic (exact) mass is 228 g/mol. The van der Waals surface area contributed by atoms with Gasteiger partial charge >= 0.3 is 0 Å². The van der Waals surface area contributed by atoms with Gasteiger partial charge in [0.2, 0.25) is 0 Å². The Morgan fingerprint density at radius 1 is 1.00 bits per heavy atom. The van der Waals surface area contributed by atoms with Crippen molar-refractivity contribution in [3.8, 4) is 0 Å². The molecule has 1 aromatic rings. The summed E-state index contributed by atoms with van der Waals surface area (Å²) >= 11 is 2.32. The lowest BCUT2D eigenvalue weighted by atomic mass is 9.99. The Labute approximate surface area is 67.7 Å². The third kappa shape index (κ3) is 0.796. The Morgan fingerprint density at radius 3 is 2.22 bits per heavy atom. The van der Waals surface area contributed by atoms with Crippen molar-refractivity contribution in [3.63, 3.8) is 0 Å². The summed E-state index contributed by atoms with van der Waals surface area (Å²) in [6, 6.07) is 6.47. The summed E-state index contributed by atoms with van der Waals surface area (Å²) < 4.78 is 1.32. The minimum Gasteiger partial charge on any atom is -0.0538 e. The van der Waals surface area contributed by atoms with E-state index in [1.807, 2.05) is 0 Å². The van der Waals surface area contributed by atoms with Gasteiger partial charge in [0.15, 0.2) is 0 Å². The van der Waals surface area contributed by atoms with Crippen molar-refractivity contribution in [2.75, 3.05) is 0 Å². The molecular weight excluding hydrogens is 223 g/mol. The SMILES string of the molecule is Ic1ccc2c(c1)C=C2. The summed E-state index contributed by atoms with van der Waals surface area (Å²) in [5, 5.41) is 0. The van der Waals surface area contributed by atoms with E-state index in [-0.39, 0.29) is 0 Å². The van der Waals surface area contributed by atoms with Gasteiger partial charge in [-0.05, 0) is 45.9 Å². The van der Waals surface area contributed by atoms with Crippen LogP contribution in [0.25, 0.3) is 12.2 Å². The molecule has 0 bridgehead atoms. The number of hydrogen-bond donors (Lipinski definition) is 0. The lowest BCUT2D eigenvalue weighted by molar-refractivity contribution is 1.54. The van der Waals surface area contributed by atoms with Crippen molar-refractivity contribution in [2.45, 2.75) is 0 Å². The van der Waals surface area contributed by atoms with Crippen LogP contribution in [0.1, 0.15) is 11.1 Å². The molecule has 0 heterocycles. The van der Waals surface area contributed by atoms with Crippen molar-refractivity contribution < 1.29 is 0 Å². The average molecular weight is 228 g/mol. The summed E-state index contributed by atoms with van der Waals surface area (Å²) in [5.74, 6) is 0. The van der Waals surface area contributed by atoms with Gasteiger partial charge in [-0.2, -0.15) is 0 Å². The van der Waals surface area contributed by atoms with Gasteiger partial charge in [0.1, 0.15) is 0 Å². The smallest absolute Gasteiger partial charge is 0.0136 e. The Hall–Kier alpha value is -0.310. The number of halogens is 1. The van der Waals surface area contributed by atoms with Crippen LogP contribution in [0.15, 0.2) is 18.2 Å². The summed E-state index contributed by atoms with van der Waals surface area (Å²) in [6.07, 6.45) is 4.27. The molecule has 0 spiro atoms. The van der Waals surface area contributed by atoms with E-state index in [1.54, 1.807) is 0 Å². The molecule has 1 heteroatoms. The Balaban J connectivity index is 2.63. The molecule has 1 aliphatic rings. The highest BCUT2D eigenvalue weighted by molar-refractivity contribution is 14.1. The van der Waals surface area contributed by atoms with Crippen LogP contribution in [-0.2, 0) is 0 Å². The lowest BCUT2D eigenvalue weighted by Crippen LogP contribution is -1.88. The van der Waals surface area contributed by atoms with Gasteiger partial charge in [-0.25, -0.2) is 0 Å². The van der Waals surface area contributed by atoms with Crippen molar-refractivity contribution in [1.29, 1.82) is 0 Å². The second-order valence-corrected chi connectivity index (χ2v) is 3.35. The van der Waals surface area contributed by atoms with Crippen LogP contribution in [0, 0.1) is 3.57 Å². The summed E-state index contributed by atoms with van der Waals surface area (Å²) in [5.41, 5.74) is 2.75. The van der Waals surface area contributed by atoms with E-state index in [9.17, 15) is 0 Å². The fraction of sp³-hybridized carbons (Fsp3) is 0. The van der Waals surface area contributed by atoms with Crippen LogP contribution in [0.2, 0.25) is 0 Å². The maximum absolute atomic E-state index is 2.32. The fourth-order valence-corrected chi connectivity index (χ4v) is 1.44. The van der Waals surface area contributed by atoms with Crippen LogP contribution in [0.3, 0.4) is 0 Å². The van der Waals surface area contributed by atoms with Crippen LogP contribution in [0.4, 0.5) is 0 Å². The molecule has 1 aliphatic carbocycles. The third-order valence-electron chi connectivity index (χ3n) is 1.49. The van der Waals surface area contributed by atoms with E-state index in [0.717, 1.165) is 0 Å². The first-order valence-electron chi connectivity index (χ1n) is 2.84. The van der Waals surface area contributed by atoms with E-state index in [1.165, 1.54) is 14.7 Å². The molecule has 0 radical (unpaired) electrons. The molecule has 0 nitrogen and oxygen atoms in total. The van der Waals surface area contributed by atoms with Gasteiger partial charge in [-0.3, -0.25) is 0 Å². The molecule has 9 heavy (non-hydrogen) atoms.